The number of pyridine rings is 1. The lowest BCUT2D eigenvalue weighted by atomic mass is 9.93. The van der Waals surface area contributed by atoms with Crippen LogP contribution in [0.2, 0.25) is 0 Å². The highest BCUT2D eigenvalue weighted by Gasteiger charge is 2.31. The summed E-state index contributed by atoms with van der Waals surface area (Å²) in [5.74, 6) is 1.08. The van der Waals surface area contributed by atoms with Crippen molar-refractivity contribution in [2.45, 2.75) is 25.8 Å². The number of carbonyl (C=O) groups is 1. The second-order valence-electron chi connectivity index (χ2n) is 8.25. The molecule has 1 fully saturated rings. The monoisotopic (exact) mass is 427 g/mol. The number of fused-ring (bicyclic) bond motifs is 1. The molecule has 0 radical (unpaired) electrons. The third-order valence-electron chi connectivity index (χ3n) is 6.07. The van der Waals surface area contributed by atoms with Gasteiger partial charge in [-0.05, 0) is 50.1 Å². The Morgan fingerprint density at radius 2 is 1.88 bits per heavy atom. The van der Waals surface area contributed by atoms with Crippen molar-refractivity contribution in [2.75, 3.05) is 13.2 Å². The number of likely N-dealkylation sites (tertiary alicyclic amines) is 1. The second-order valence-corrected chi connectivity index (χ2v) is 8.25. The van der Waals surface area contributed by atoms with Gasteiger partial charge in [0.15, 0.2) is 0 Å². The Hall–Kier alpha value is -3.74. The lowest BCUT2D eigenvalue weighted by molar-refractivity contribution is 0.0505. The first-order valence-electron chi connectivity index (χ1n) is 10.9. The maximum absolute atomic E-state index is 13.5. The number of amides is 1. The van der Waals surface area contributed by atoms with E-state index in [2.05, 4.69) is 22.1 Å². The minimum Gasteiger partial charge on any atom is -0.493 e. The minimum absolute atomic E-state index is 0.00463. The van der Waals surface area contributed by atoms with E-state index in [0.717, 1.165) is 29.5 Å². The lowest BCUT2D eigenvalue weighted by Gasteiger charge is -2.38. The summed E-state index contributed by atoms with van der Waals surface area (Å²) in [7, 11) is 0. The summed E-state index contributed by atoms with van der Waals surface area (Å²) in [5.41, 5.74) is 2.22. The summed E-state index contributed by atoms with van der Waals surface area (Å²) in [6, 6.07) is 17.6. The van der Waals surface area contributed by atoms with Gasteiger partial charge in [-0.25, -0.2) is 0 Å². The Bertz CT molecular complexity index is 1220. The average Bonchev–Trinajstić information content (AvgIpc) is 3.38. The van der Waals surface area contributed by atoms with E-state index in [1.165, 1.54) is 4.80 Å². The molecule has 0 saturated carbocycles. The van der Waals surface area contributed by atoms with Gasteiger partial charge in [0.1, 0.15) is 5.75 Å². The Labute approximate surface area is 186 Å². The fourth-order valence-electron chi connectivity index (χ4n) is 4.28. The summed E-state index contributed by atoms with van der Waals surface area (Å²) in [6.45, 7) is 3.34. The van der Waals surface area contributed by atoms with E-state index in [1.54, 1.807) is 18.6 Å². The van der Waals surface area contributed by atoms with E-state index < -0.39 is 0 Å². The zero-order chi connectivity index (χ0) is 21.9. The van der Waals surface area contributed by atoms with Gasteiger partial charge in [-0.15, -0.1) is 0 Å². The molecule has 162 valence electrons. The number of benzene rings is 2. The molecular weight excluding hydrogens is 402 g/mol. The van der Waals surface area contributed by atoms with Gasteiger partial charge in [0.05, 0.1) is 35.8 Å². The van der Waals surface area contributed by atoms with E-state index >= 15 is 0 Å². The molecule has 0 unspecified atom stereocenters. The molecule has 0 spiro atoms. The van der Waals surface area contributed by atoms with Crippen LogP contribution >= 0.6 is 0 Å². The van der Waals surface area contributed by atoms with Crippen LogP contribution in [0.25, 0.3) is 16.6 Å². The van der Waals surface area contributed by atoms with Gasteiger partial charge in [-0.1, -0.05) is 18.2 Å². The van der Waals surface area contributed by atoms with Crippen LogP contribution in [0, 0.1) is 5.92 Å². The number of carbonyl (C=O) groups excluding carboxylic acids is 1. The van der Waals surface area contributed by atoms with Crippen molar-refractivity contribution in [3.8, 4) is 11.4 Å². The summed E-state index contributed by atoms with van der Waals surface area (Å²) >= 11 is 0. The molecule has 3 heterocycles. The summed E-state index contributed by atoms with van der Waals surface area (Å²) in [4.78, 5) is 21.4. The number of piperidine rings is 1. The van der Waals surface area contributed by atoms with Crippen LogP contribution in [0.1, 0.15) is 30.1 Å². The van der Waals surface area contributed by atoms with Crippen molar-refractivity contribution >= 4 is 16.8 Å². The molecule has 4 aromatic rings. The molecule has 2 aromatic carbocycles. The highest BCUT2D eigenvalue weighted by Crippen LogP contribution is 2.27. The first-order valence-corrected chi connectivity index (χ1v) is 10.9. The van der Waals surface area contributed by atoms with Crippen molar-refractivity contribution in [1.29, 1.82) is 0 Å². The maximum Gasteiger partial charge on any atom is 0.256 e. The smallest absolute Gasteiger partial charge is 0.256 e. The predicted octanol–water partition coefficient (Wildman–Crippen LogP) is 4.14. The third kappa shape index (κ3) is 4.06. The maximum atomic E-state index is 13.5. The van der Waals surface area contributed by atoms with Gasteiger partial charge in [0.2, 0.25) is 0 Å². The highest BCUT2D eigenvalue weighted by molar-refractivity contribution is 5.98. The SMILES string of the molecule is C[C@H]1CC[C@H](COc2ccc3cccnc3c2)CN1C(=O)c1ccccc1-n1nccn1. The zero-order valence-electron chi connectivity index (χ0n) is 18.0. The van der Waals surface area contributed by atoms with E-state index in [9.17, 15) is 4.79 Å². The Morgan fingerprint density at radius 3 is 2.75 bits per heavy atom. The van der Waals surface area contributed by atoms with Crippen LogP contribution in [-0.4, -0.2) is 50.0 Å². The minimum atomic E-state index is 0.00463. The number of hydrogen-bond donors (Lipinski definition) is 0. The molecule has 0 N–H and O–H groups in total. The van der Waals surface area contributed by atoms with Crippen molar-refractivity contribution in [3.05, 3.63) is 78.8 Å². The molecule has 0 bridgehead atoms. The van der Waals surface area contributed by atoms with Crippen molar-refractivity contribution in [1.82, 2.24) is 24.9 Å². The van der Waals surface area contributed by atoms with Crippen molar-refractivity contribution in [2.24, 2.45) is 5.92 Å². The van der Waals surface area contributed by atoms with Gasteiger partial charge in [0.25, 0.3) is 5.91 Å². The molecule has 0 aliphatic carbocycles. The van der Waals surface area contributed by atoms with Gasteiger partial charge in [-0.2, -0.15) is 15.0 Å². The fraction of sp³-hybridized carbons (Fsp3) is 0.280. The zero-order valence-corrected chi connectivity index (χ0v) is 18.0. The average molecular weight is 428 g/mol. The molecule has 1 saturated heterocycles. The van der Waals surface area contributed by atoms with Gasteiger partial charge >= 0.3 is 0 Å². The van der Waals surface area contributed by atoms with Crippen molar-refractivity contribution < 1.29 is 9.53 Å². The normalized spacial score (nSPS) is 18.6. The molecule has 1 aliphatic heterocycles. The van der Waals surface area contributed by atoms with E-state index in [4.69, 9.17) is 4.74 Å². The summed E-state index contributed by atoms with van der Waals surface area (Å²) in [6.07, 6.45) is 6.98. The second kappa shape index (κ2) is 8.78. The number of aromatic nitrogens is 4. The van der Waals surface area contributed by atoms with E-state index in [0.29, 0.717) is 24.4 Å². The highest BCUT2D eigenvalue weighted by atomic mass is 16.5. The predicted molar refractivity (Wildman–Crippen MR) is 122 cm³/mol. The number of nitrogens with zero attached hydrogens (tertiary/aromatic N) is 5. The molecular formula is C25H25N5O2. The number of para-hydroxylation sites is 1. The Kier molecular flexibility index (Phi) is 5.54. The quantitative estimate of drug-likeness (QED) is 0.479. The Morgan fingerprint density at radius 1 is 1.03 bits per heavy atom. The summed E-state index contributed by atoms with van der Waals surface area (Å²) in [5, 5.41) is 9.50. The van der Waals surface area contributed by atoms with Gasteiger partial charge in [-0.3, -0.25) is 9.78 Å². The first-order chi connectivity index (χ1) is 15.7. The number of rotatable bonds is 5. The van der Waals surface area contributed by atoms with Crippen LogP contribution in [0.4, 0.5) is 0 Å². The first kappa shape index (κ1) is 20.2. The molecule has 1 aliphatic rings. The van der Waals surface area contributed by atoms with Crippen molar-refractivity contribution in [3.63, 3.8) is 0 Å². The molecule has 7 nitrogen and oxygen atoms in total. The van der Waals surface area contributed by atoms with E-state index in [1.807, 2.05) is 59.5 Å². The fourth-order valence-corrected chi connectivity index (χ4v) is 4.28. The molecule has 2 atom stereocenters. The molecule has 1 amide bonds. The van der Waals surface area contributed by atoms with Crippen LogP contribution < -0.4 is 4.74 Å². The Balaban J connectivity index is 1.30. The van der Waals surface area contributed by atoms with Crippen LogP contribution in [0.15, 0.2) is 73.2 Å². The number of ether oxygens (including phenoxy) is 1. The molecule has 32 heavy (non-hydrogen) atoms. The summed E-state index contributed by atoms with van der Waals surface area (Å²) < 4.78 is 6.10. The van der Waals surface area contributed by atoms with Gasteiger partial charge in [0, 0.05) is 36.2 Å². The topological polar surface area (TPSA) is 73.1 Å². The third-order valence-corrected chi connectivity index (χ3v) is 6.07. The van der Waals surface area contributed by atoms with Gasteiger partial charge < -0.3 is 9.64 Å². The number of hydrogen-bond acceptors (Lipinski definition) is 5. The molecule has 7 heteroatoms. The lowest BCUT2D eigenvalue weighted by Crippen LogP contribution is -2.47. The van der Waals surface area contributed by atoms with Crippen LogP contribution in [0.3, 0.4) is 0 Å². The molecule has 2 aromatic heterocycles. The van der Waals surface area contributed by atoms with Crippen LogP contribution in [0.5, 0.6) is 5.75 Å². The van der Waals surface area contributed by atoms with Crippen LogP contribution in [-0.2, 0) is 0 Å². The standard InChI is InChI=1S/C25H25N5O2/c1-18-8-9-19(17-32-21-11-10-20-5-4-12-26-23(20)15-21)16-29(18)25(31)22-6-2-3-7-24(22)30-27-13-14-28-30/h2-7,10-15,18-19H,8-9,16-17H2,1H3/t18-,19-/m0/s1. The van der Waals surface area contributed by atoms with E-state index in [-0.39, 0.29) is 17.9 Å². The molecule has 5 rings (SSSR count). The largest absolute Gasteiger partial charge is 0.493 e.